The molecule has 0 saturated heterocycles. The van der Waals surface area contributed by atoms with E-state index < -0.39 is 0 Å². The van der Waals surface area contributed by atoms with Crippen LogP contribution in [0.15, 0.2) is 69.6 Å². The van der Waals surface area contributed by atoms with Crippen LogP contribution in [0.25, 0.3) is 32.3 Å². The van der Waals surface area contributed by atoms with Gasteiger partial charge in [0.2, 0.25) is 0 Å². The second-order valence-electron chi connectivity index (χ2n) is 4.88. The van der Waals surface area contributed by atoms with Crippen molar-refractivity contribution in [3.63, 3.8) is 0 Å². The molecule has 0 saturated carbocycles. The number of hydrogen-bond acceptors (Lipinski definition) is 0. The second-order valence-corrected chi connectivity index (χ2v) is 6.47. The van der Waals surface area contributed by atoms with Crippen molar-refractivity contribution in [1.29, 1.82) is 0 Å². The zero-order valence-corrected chi connectivity index (χ0v) is 13.7. The Hall–Kier alpha value is -1.38. The van der Waals surface area contributed by atoms with Crippen LogP contribution < -0.4 is 0 Å². The van der Waals surface area contributed by atoms with Gasteiger partial charge in [-0.1, -0.05) is 60.7 Å². The predicted molar refractivity (Wildman–Crippen MR) is 94.4 cm³/mol. The summed E-state index contributed by atoms with van der Waals surface area (Å²) < 4.78 is 2.33. The van der Waals surface area contributed by atoms with Crippen molar-refractivity contribution < 1.29 is 0 Å². The van der Waals surface area contributed by atoms with Gasteiger partial charge in [-0.2, -0.15) is 0 Å². The number of rotatable bonds is 0. The molecule has 2 heteroatoms. The van der Waals surface area contributed by atoms with Crippen LogP contribution in [0.2, 0.25) is 0 Å². The molecular weight excluding hydrogens is 376 g/mol. The van der Waals surface area contributed by atoms with Gasteiger partial charge in [-0.15, -0.1) is 0 Å². The topological polar surface area (TPSA) is 0 Å². The minimum atomic E-state index is 1.16. The van der Waals surface area contributed by atoms with Gasteiger partial charge in [0, 0.05) is 14.3 Å². The van der Waals surface area contributed by atoms with Gasteiger partial charge in [0.1, 0.15) is 0 Å². The van der Waals surface area contributed by atoms with E-state index in [1.807, 2.05) is 0 Å². The van der Waals surface area contributed by atoms with Crippen molar-refractivity contribution in [2.24, 2.45) is 0 Å². The highest BCUT2D eigenvalue weighted by molar-refractivity contribution is 9.11. The van der Waals surface area contributed by atoms with Crippen LogP contribution >= 0.6 is 31.9 Å². The molecule has 0 fully saturated rings. The molecule has 96 valence electrons. The van der Waals surface area contributed by atoms with Crippen molar-refractivity contribution in [2.45, 2.75) is 0 Å². The Labute approximate surface area is 133 Å². The zero-order chi connectivity index (χ0) is 13.7. The maximum atomic E-state index is 3.82. The van der Waals surface area contributed by atoms with E-state index in [1.54, 1.807) is 0 Å². The van der Waals surface area contributed by atoms with Crippen LogP contribution in [-0.2, 0) is 0 Å². The van der Waals surface area contributed by atoms with Gasteiger partial charge in [0.05, 0.1) is 0 Å². The van der Waals surface area contributed by atoms with Crippen LogP contribution in [0.4, 0.5) is 0 Å². The third kappa shape index (κ3) is 1.65. The van der Waals surface area contributed by atoms with Crippen molar-refractivity contribution in [1.82, 2.24) is 0 Å². The van der Waals surface area contributed by atoms with Gasteiger partial charge in [0.25, 0.3) is 0 Å². The maximum Gasteiger partial charge on any atom is 0.0339 e. The Bertz CT molecular complexity index is 971. The Morgan fingerprint density at radius 1 is 0.500 bits per heavy atom. The molecule has 0 radical (unpaired) electrons. The second kappa shape index (κ2) is 4.57. The Morgan fingerprint density at radius 3 is 1.85 bits per heavy atom. The van der Waals surface area contributed by atoms with E-state index in [4.69, 9.17) is 0 Å². The molecule has 4 aromatic rings. The lowest BCUT2D eigenvalue weighted by molar-refractivity contribution is 1.73. The lowest BCUT2D eigenvalue weighted by Gasteiger charge is -2.12. The third-order valence-electron chi connectivity index (χ3n) is 3.78. The first kappa shape index (κ1) is 12.4. The standard InChI is InChI=1S/C18H10Br2/c19-17-13-7-3-4-8-14(13)18(20)16-12-6-2-1-5-11(12)9-10-15(16)17/h1-10H. The van der Waals surface area contributed by atoms with E-state index >= 15 is 0 Å². The Balaban J connectivity index is 2.38. The number of halogens is 2. The molecule has 0 aliphatic heterocycles. The summed E-state index contributed by atoms with van der Waals surface area (Å²) in [7, 11) is 0. The molecule has 0 nitrogen and oxygen atoms in total. The molecule has 0 unspecified atom stereocenters. The minimum Gasteiger partial charge on any atom is -0.0616 e. The van der Waals surface area contributed by atoms with Gasteiger partial charge in [-0.05, 0) is 58.8 Å². The lowest BCUT2D eigenvalue weighted by Crippen LogP contribution is -1.84. The number of hydrogen-bond donors (Lipinski definition) is 0. The fraction of sp³-hybridized carbons (Fsp3) is 0. The summed E-state index contributed by atoms with van der Waals surface area (Å²) in [5, 5.41) is 7.54. The van der Waals surface area contributed by atoms with Crippen LogP contribution in [0.5, 0.6) is 0 Å². The molecule has 0 aliphatic carbocycles. The van der Waals surface area contributed by atoms with Gasteiger partial charge in [-0.3, -0.25) is 0 Å². The van der Waals surface area contributed by atoms with Gasteiger partial charge >= 0.3 is 0 Å². The van der Waals surface area contributed by atoms with Crippen molar-refractivity contribution in [3.8, 4) is 0 Å². The summed E-state index contributed by atoms with van der Waals surface area (Å²) >= 11 is 7.60. The van der Waals surface area contributed by atoms with E-state index in [0.29, 0.717) is 0 Å². The molecule has 0 amide bonds. The van der Waals surface area contributed by atoms with Crippen LogP contribution in [0.3, 0.4) is 0 Å². The molecule has 0 bridgehead atoms. The summed E-state index contributed by atoms with van der Waals surface area (Å²) in [4.78, 5) is 0. The molecular formula is C18H10Br2. The molecule has 0 atom stereocenters. The molecule has 20 heavy (non-hydrogen) atoms. The molecule has 4 aromatic carbocycles. The summed E-state index contributed by atoms with van der Waals surface area (Å²) in [6.07, 6.45) is 0. The maximum absolute atomic E-state index is 3.82. The first-order chi connectivity index (χ1) is 9.77. The van der Waals surface area contributed by atoms with E-state index in [9.17, 15) is 0 Å². The minimum absolute atomic E-state index is 1.16. The number of benzene rings is 4. The predicted octanol–water partition coefficient (Wildman–Crippen LogP) is 6.67. The first-order valence-corrected chi connectivity index (χ1v) is 8.03. The highest BCUT2D eigenvalue weighted by Crippen LogP contribution is 2.42. The average Bonchev–Trinajstić information content (AvgIpc) is 2.51. The fourth-order valence-corrected chi connectivity index (χ4v) is 4.29. The van der Waals surface area contributed by atoms with Crippen LogP contribution in [-0.4, -0.2) is 0 Å². The van der Waals surface area contributed by atoms with Crippen LogP contribution in [0, 0.1) is 0 Å². The molecule has 0 aliphatic rings. The van der Waals surface area contributed by atoms with Gasteiger partial charge < -0.3 is 0 Å². The summed E-state index contributed by atoms with van der Waals surface area (Å²) in [5.41, 5.74) is 0. The van der Waals surface area contributed by atoms with E-state index in [1.165, 1.54) is 36.8 Å². The van der Waals surface area contributed by atoms with Crippen molar-refractivity contribution >= 4 is 64.2 Å². The monoisotopic (exact) mass is 384 g/mol. The Morgan fingerprint density at radius 2 is 1.10 bits per heavy atom. The van der Waals surface area contributed by atoms with E-state index in [-0.39, 0.29) is 0 Å². The van der Waals surface area contributed by atoms with E-state index in [2.05, 4.69) is 92.5 Å². The number of fused-ring (bicyclic) bond motifs is 4. The SMILES string of the molecule is Brc1c2ccccc2c(Br)c2c1ccc1ccccc12. The van der Waals surface area contributed by atoms with E-state index in [0.717, 1.165) is 4.47 Å². The summed E-state index contributed by atoms with van der Waals surface area (Å²) in [6.45, 7) is 0. The van der Waals surface area contributed by atoms with Crippen LogP contribution in [0.1, 0.15) is 0 Å². The highest BCUT2D eigenvalue weighted by atomic mass is 79.9. The highest BCUT2D eigenvalue weighted by Gasteiger charge is 2.12. The third-order valence-corrected chi connectivity index (χ3v) is 5.46. The van der Waals surface area contributed by atoms with Crippen molar-refractivity contribution in [2.75, 3.05) is 0 Å². The molecule has 0 N–H and O–H groups in total. The molecule has 0 heterocycles. The quantitative estimate of drug-likeness (QED) is 0.234. The fourth-order valence-electron chi connectivity index (χ4n) is 2.84. The van der Waals surface area contributed by atoms with Gasteiger partial charge in [-0.25, -0.2) is 0 Å². The molecule has 0 spiro atoms. The average molecular weight is 386 g/mol. The zero-order valence-electron chi connectivity index (χ0n) is 10.5. The van der Waals surface area contributed by atoms with Crippen molar-refractivity contribution in [3.05, 3.63) is 69.6 Å². The summed E-state index contributed by atoms with van der Waals surface area (Å²) in [5.74, 6) is 0. The summed E-state index contributed by atoms with van der Waals surface area (Å²) in [6, 6.07) is 21.4. The molecule has 4 rings (SSSR count). The normalized spacial score (nSPS) is 11.5. The molecule has 0 aromatic heterocycles. The van der Waals surface area contributed by atoms with Gasteiger partial charge in [0.15, 0.2) is 0 Å². The first-order valence-electron chi connectivity index (χ1n) is 6.44. The largest absolute Gasteiger partial charge is 0.0616 e. The smallest absolute Gasteiger partial charge is 0.0339 e. The Kier molecular flexibility index (Phi) is 2.83. The lowest BCUT2D eigenvalue weighted by atomic mass is 9.98.